The summed E-state index contributed by atoms with van der Waals surface area (Å²) in [4.78, 5) is 14.5. The number of nitrogens with zero attached hydrogens (tertiary/aromatic N) is 1. The minimum absolute atomic E-state index is 0.0607. The van der Waals surface area contributed by atoms with E-state index in [0.29, 0.717) is 23.7 Å². The van der Waals surface area contributed by atoms with Crippen molar-refractivity contribution in [1.29, 1.82) is 0 Å². The Morgan fingerprint density at radius 1 is 1.41 bits per heavy atom. The lowest BCUT2D eigenvalue weighted by Gasteiger charge is -2.30. The standard InChI is InChI=1S/C14H21NO2/c1-9-4-5-15(13(9)8-16)14(17)12-7-10-2-3-11(12)6-10/h2-3,9-13,16H,4-8H2,1H3. The van der Waals surface area contributed by atoms with Crippen LogP contribution in [0.4, 0.5) is 0 Å². The van der Waals surface area contributed by atoms with Crippen LogP contribution in [0.15, 0.2) is 12.2 Å². The highest BCUT2D eigenvalue weighted by Crippen LogP contribution is 2.45. The second-order valence-corrected chi connectivity index (χ2v) is 5.93. The van der Waals surface area contributed by atoms with Gasteiger partial charge in [0.25, 0.3) is 0 Å². The lowest BCUT2D eigenvalue weighted by atomic mass is 9.92. The molecule has 1 N–H and O–H groups in total. The van der Waals surface area contributed by atoms with Crippen LogP contribution >= 0.6 is 0 Å². The van der Waals surface area contributed by atoms with Crippen LogP contribution in [0.1, 0.15) is 26.2 Å². The summed E-state index contributed by atoms with van der Waals surface area (Å²) >= 11 is 0. The van der Waals surface area contributed by atoms with Gasteiger partial charge in [-0.1, -0.05) is 19.1 Å². The van der Waals surface area contributed by atoms with Crippen molar-refractivity contribution < 1.29 is 9.90 Å². The topological polar surface area (TPSA) is 40.5 Å². The summed E-state index contributed by atoms with van der Waals surface area (Å²) in [6.07, 6.45) is 7.73. The molecule has 3 rings (SSSR count). The molecule has 94 valence electrons. The van der Waals surface area contributed by atoms with Crippen LogP contribution < -0.4 is 0 Å². The van der Waals surface area contributed by atoms with Gasteiger partial charge in [0.2, 0.25) is 5.91 Å². The first kappa shape index (κ1) is 11.3. The van der Waals surface area contributed by atoms with Crippen molar-refractivity contribution in [3.05, 3.63) is 12.2 Å². The van der Waals surface area contributed by atoms with E-state index in [9.17, 15) is 9.90 Å². The number of hydrogen-bond acceptors (Lipinski definition) is 2. The molecule has 1 saturated heterocycles. The van der Waals surface area contributed by atoms with Crippen molar-refractivity contribution in [2.24, 2.45) is 23.7 Å². The fraction of sp³-hybridized carbons (Fsp3) is 0.786. The lowest BCUT2D eigenvalue weighted by Crippen LogP contribution is -2.43. The number of aliphatic hydroxyl groups excluding tert-OH is 1. The molecule has 0 aromatic carbocycles. The fourth-order valence-electron chi connectivity index (χ4n) is 3.84. The van der Waals surface area contributed by atoms with Crippen molar-refractivity contribution in [1.82, 2.24) is 4.90 Å². The van der Waals surface area contributed by atoms with Crippen LogP contribution in [0.25, 0.3) is 0 Å². The predicted octanol–water partition coefficient (Wildman–Crippen LogP) is 1.43. The first-order valence-electron chi connectivity index (χ1n) is 6.80. The Bertz CT molecular complexity index is 352. The Morgan fingerprint density at radius 3 is 2.82 bits per heavy atom. The summed E-state index contributed by atoms with van der Waals surface area (Å²) in [5, 5.41) is 9.42. The maximum Gasteiger partial charge on any atom is 0.226 e. The zero-order valence-electron chi connectivity index (χ0n) is 10.4. The van der Waals surface area contributed by atoms with E-state index in [4.69, 9.17) is 0 Å². The molecule has 2 bridgehead atoms. The predicted molar refractivity (Wildman–Crippen MR) is 65.2 cm³/mol. The van der Waals surface area contributed by atoms with Crippen molar-refractivity contribution in [3.63, 3.8) is 0 Å². The van der Waals surface area contributed by atoms with Gasteiger partial charge < -0.3 is 10.0 Å². The molecule has 5 unspecified atom stereocenters. The quantitative estimate of drug-likeness (QED) is 0.736. The number of hydrogen-bond donors (Lipinski definition) is 1. The average Bonchev–Trinajstić information content (AvgIpc) is 3.01. The Morgan fingerprint density at radius 2 is 2.24 bits per heavy atom. The van der Waals surface area contributed by atoms with Gasteiger partial charge >= 0.3 is 0 Å². The van der Waals surface area contributed by atoms with Crippen molar-refractivity contribution in [2.75, 3.05) is 13.2 Å². The molecule has 1 amide bonds. The van der Waals surface area contributed by atoms with Gasteiger partial charge in [-0.25, -0.2) is 0 Å². The van der Waals surface area contributed by atoms with E-state index < -0.39 is 0 Å². The summed E-state index contributed by atoms with van der Waals surface area (Å²) in [6.45, 7) is 3.08. The van der Waals surface area contributed by atoms with Crippen molar-refractivity contribution >= 4 is 5.91 Å². The number of amides is 1. The minimum Gasteiger partial charge on any atom is -0.394 e. The molecule has 1 heterocycles. The largest absolute Gasteiger partial charge is 0.394 e. The van der Waals surface area contributed by atoms with Crippen LogP contribution in [0.2, 0.25) is 0 Å². The van der Waals surface area contributed by atoms with Gasteiger partial charge in [0.05, 0.1) is 12.6 Å². The van der Waals surface area contributed by atoms with Gasteiger partial charge in [-0.05, 0) is 37.0 Å². The molecule has 2 fully saturated rings. The first-order chi connectivity index (χ1) is 8.20. The van der Waals surface area contributed by atoms with E-state index in [1.807, 2.05) is 4.90 Å². The number of carbonyl (C=O) groups excluding carboxylic acids is 1. The van der Waals surface area contributed by atoms with E-state index in [1.54, 1.807) is 0 Å². The molecule has 0 spiro atoms. The Labute approximate surface area is 102 Å². The van der Waals surface area contributed by atoms with E-state index in [1.165, 1.54) is 6.42 Å². The van der Waals surface area contributed by atoms with Crippen LogP contribution in [0, 0.1) is 23.7 Å². The maximum atomic E-state index is 12.5. The summed E-state index contributed by atoms with van der Waals surface area (Å²) in [7, 11) is 0. The third kappa shape index (κ3) is 1.71. The van der Waals surface area contributed by atoms with Gasteiger partial charge in [-0.15, -0.1) is 0 Å². The molecule has 1 aliphatic heterocycles. The number of rotatable bonds is 2. The van der Waals surface area contributed by atoms with Gasteiger partial charge in [0.1, 0.15) is 0 Å². The molecular formula is C14H21NO2. The number of fused-ring (bicyclic) bond motifs is 2. The highest BCUT2D eigenvalue weighted by Gasteiger charge is 2.44. The summed E-state index contributed by atoms with van der Waals surface area (Å²) < 4.78 is 0. The van der Waals surface area contributed by atoms with Crippen LogP contribution in [0.3, 0.4) is 0 Å². The van der Waals surface area contributed by atoms with Crippen molar-refractivity contribution in [3.8, 4) is 0 Å². The number of aliphatic hydroxyl groups is 1. The van der Waals surface area contributed by atoms with Crippen LogP contribution in [-0.2, 0) is 4.79 Å². The molecule has 17 heavy (non-hydrogen) atoms. The highest BCUT2D eigenvalue weighted by atomic mass is 16.3. The molecule has 1 saturated carbocycles. The highest BCUT2D eigenvalue weighted by molar-refractivity contribution is 5.80. The smallest absolute Gasteiger partial charge is 0.226 e. The number of likely N-dealkylation sites (tertiary alicyclic amines) is 1. The Balaban J connectivity index is 1.72. The molecule has 0 aromatic rings. The van der Waals surface area contributed by atoms with Crippen molar-refractivity contribution in [2.45, 2.75) is 32.2 Å². The second-order valence-electron chi connectivity index (χ2n) is 5.93. The molecule has 0 aromatic heterocycles. The summed E-state index contributed by atoms with van der Waals surface area (Å²) in [6, 6.07) is 0.0607. The molecule has 0 radical (unpaired) electrons. The number of carbonyl (C=O) groups is 1. The SMILES string of the molecule is CC1CCN(C(=O)C2CC3C=CC2C3)C1CO. The average molecular weight is 235 g/mol. The zero-order chi connectivity index (χ0) is 12.0. The fourth-order valence-corrected chi connectivity index (χ4v) is 3.84. The third-order valence-electron chi connectivity index (χ3n) is 4.95. The number of allylic oxidation sites excluding steroid dienone is 2. The van der Waals surface area contributed by atoms with E-state index in [0.717, 1.165) is 19.4 Å². The first-order valence-corrected chi connectivity index (χ1v) is 6.80. The zero-order valence-corrected chi connectivity index (χ0v) is 10.4. The minimum atomic E-state index is 0.0607. The van der Waals surface area contributed by atoms with Crippen LogP contribution in [0.5, 0.6) is 0 Å². The van der Waals surface area contributed by atoms with Gasteiger partial charge in [0, 0.05) is 12.5 Å². The van der Waals surface area contributed by atoms with E-state index in [-0.39, 0.29) is 18.6 Å². The summed E-state index contributed by atoms with van der Waals surface area (Å²) in [5.74, 6) is 2.05. The molecule has 3 aliphatic rings. The van der Waals surface area contributed by atoms with Gasteiger partial charge in [-0.3, -0.25) is 4.79 Å². The van der Waals surface area contributed by atoms with E-state index >= 15 is 0 Å². The molecule has 3 heteroatoms. The Kier molecular flexibility index (Phi) is 2.74. The van der Waals surface area contributed by atoms with Crippen LogP contribution in [-0.4, -0.2) is 35.1 Å². The normalized spacial score (nSPS) is 43.6. The molecule has 2 aliphatic carbocycles. The van der Waals surface area contributed by atoms with E-state index in [2.05, 4.69) is 19.1 Å². The molecule has 5 atom stereocenters. The second kappa shape index (κ2) is 4.13. The monoisotopic (exact) mass is 235 g/mol. The Hall–Kier alpha value is -0.830. The van der Waals surface area contributed by atoms with Gasteiger partial charge in [0.15, 0.2) is 0 Å². The third-order valence-corrected chi connectivity index (χ3v) is 4.95. The summed E-state index contributed by atoms with van der Waals surface area (Å²) in [5.41, 5.74) is 0. The molecule has 3 nitrogen and oxygen atoms in total. The lowest BCUT2D eigenvalue weighted by molar-refractivity contribution is -0.138. The van der Waals surface area contributed by atoms with Gasteiger partial charge in [-0.2, -0.15) is 0 Å². The molecular weight excluding hydrogens is 214 g/mol. The maximum absolute atomic E-state index is 12.5.